The minimum absolute atomic E-state index is 0.250. The summed E-state index contributed by atoms with van der Waals surface area (Å²) in [7, 11) is 0. The molecule has 66 valence electrons. The van der Waals surface area contributed by atoms with E-state index in [1.807, 2.05) is 13.0 Å². The number of ether oxygens (including phenoxy) is 1. The first-order valence-corrected chi connectivity index (χ1v) is 4.80. The van der Waals surface area contributed by atoms with Gasteiger partial charge in [-0.3, -0.25) is 0 Å². The van der Waals surface area contributed by atoms with Gasteiger partial charge < -0.3 is 4.74 Å². The predicted octanol–water partition coefficient (Wildman–Crippen LogP) is 2.91. The third-order valence-corrected chi connectivity index (χ3v) is 1.69. The first-order chi connectivity index (χ1) is 5.72. The van der Waals surface area contributed by atoms with Crippen molar-refractivity contribution >= 4 is 15.9 Å². The number of benzene rings is 1. The molecule has 0 aromatic heterocycles. The van der Waals surface area contributed by atoms with Gasteiger partial charge in [-0.15, -0.1) is 0 Å². The van der Waals surface area contributed by atoms with Crippen LogP contribution in [0.15, 0.2) is 18.2 Å². The summed E-state index contributed by atoms with van der Waals surface area (Å²) >= 11 is 3.23. The van der Waals surface area contributed by atoms with E-state index in [1.165, 1.54) is 12.1 Å². The number of rotatable bonds is 3. The second-order valence-electron chi connectivity index (χ2n) is 2.50. The van der Waals surface area contributed by atoms with E-state index >= 15 is 0 Å². The van der Waals surface area contributed by atoms with E-state index in [4.69, 9.17) is 4.74 Å². The number of hydrogen-bond acceptors (Lipinski definition) is 1. The molecule has 0 spiro atoms. The molecule has 0 saturated heterocycles. The Morgan fingerprint density at radius 2 is 2.17 bits per heavy atom. The van der Waals surface area contributed by atoms with Crippen LogP contribution in [0.1, 0.15) is 5.56 Å². The van der Waals surface area contributed by atoms with Crippen molar-refractivity contribution < 1.29 is 9.13 Å². The van der Waals surface area contributed by atoms with Crippen molar-refractivity contribution in [2.45, 2.75) is 6.92 Å². The molecule has 1 nitrogen and oxygen atoms in total. The van der Waals surface area contributed by atoms with Gasteiger partial charge >= 0.3 is 0 Å². The van der Waals surface area contributed by atoms with Crippen LogP contribution < -0.4 is 4.74 Å². The van der Waals surface area contributed by atoms with Crippen molar-refractivity contribution in [3.05, 3.63) is 29.6 Å². The lowest BCUT2D eigenvalue weighted by Crippen LogP contribution is -1.98. The fourth-order valence-corrected chi connectivity index (χ4v) is 1.10. The highest BCUT2D eigenvalue weighted by Gasteiger charge is 1.97. The van der Waals surface area contributed by atoms with E-state index in [1.54, 1.807) is 0 Å². The smallest absolute Gasteiger partial charge is 0.127 e. The largest absolute Gasteiger partial charge is 0.493 e. The highest BCUT2D eigenvalue weighted by molar-refractivity contribution is 9.09. The van der Waals surface area contributed by atoms with Crippen molar-refractivity contribution in [2.75, 3.05) is 11.9 Å². The fourth-order valence-electron chi connectivity index (χ4n) is 0.943. The van der Waals surface area contributed by atoms with E-state index in [0.717, 1.165) is 10.9 Å². The first kappa shape index (κ1) is 9.52. The van der Waals surface area contributed by atoms with Crippen LogP contribution in [-0.4, -0.2) is 11.9 Å². The molecular formula is C9H10BrFO. The summed E-state index contributed by atoms with van der Waals surface area (Å²) in [6.07, 6.45) is 0. The molecule has 0 aliphatic rings. The zero-order valence-corrected chi connectivity index (χ0v) is 8.40. The Morgan fingerprint density at radius 3 is 2.75 bits per heavy atom. The Bertz CT molecular complexity index is 242. The van der Waals surface area contributed by atoms with Gasteiger partial charge in [-0.25, -0.2) is 4.39 Å². The van der Waals surface area contributed by atoms with E-state index in [-0.39, 0.29) is 5.82 Å². The van der Waals surface area contributed by atoms with Gasteiger partial charge in [-0.1, -0.05) is 15.9 Å². The van der Waals surface area contributed by atoms with Gasteiger partial charge in [0.25, 0.3) is 0 Å². The average Bonchev–Trinajstić information content (AvgIpc) is 1.99. The highest BCUT2D eigenvalue weighted by Crippen LogP contribution is 2.15. The lowest BCUT2D eigenvalue weighted by molar-refractivity contribution is 0.343. The maximum Gasteiger partial charge on any atom is 0.127 e. The van der Waals surface area contributed by atoms with Gasteiger partial charge in [-0.05, 0) is 24.6 Å². The van der Waals surface area contributed by atoms with Gasteiger partial charge in [0, 0.05) is 11.4 Å². The third-order valence-electron chi connectivity index (χ3n) is 1.36. The Balaban J connectivity index is 2.72. The lowest BCUT2D eigenvalue weighted by atomic mass is 10.2. The summed E-state index contributed by atoms with van der Waals surface area (Å²) < 4.78 is 18.0. The Kier molecular flexibility index (Phi) is 3.53. The molecule has 0 unspecified atom stereocenters. The molecule has 0 aliphatic heterocycles. The van der Waals surface area contributed by atoms with Crippen molar-refractivity contribution in [3.63, 3.8) is 0 Å². The highest BCUT2D eigenvalue weighted by atomic mass is 79.9. The second-order valence-corrected chi connectivity index (χ2v) is 3.29. The van der Waals surface area contributed by atoms with Gasteiger partial charge in [0.1, 0.15) is 11.6 Å². The summed E-state index contributed by atoms with van der Waals surface area (Å²) in [6.45, 7) is 2.40. The molecule has 1 rings (SSSR count). The van der Waals surface area contributed by atoms with E-state index in [0.29, 0.717) is 12.4 Å². The second kappa shape index (κ2) is 4.45. The molecule has 0 atom stereocenters. The minimum Gasteiger partial charge on any atom is -0.493 e. The van der Waals surface area contributed by atoms with Crippen molar-refractivity contribution in [1.82, 2.24) is 0 Å². The Hall–Kier alpha value is -0.570. The van der Waals surface area contributed by atoms with Gasteiger partial charge in [-0.2, -0.15) is 0 Å². The summed E-state index contributed by atoms with van der Waals surface area (Å²) in [5, 5.41) is 0.753. The molecular weight excluding hydrogens is 223 g/mol. The topological polar surface area (TPSA) is 9.23 Å². The number of aryl methyl sites for hydroxylation is 1. The maximum atomic E-state index is 12.8. The zero-order valence-electron chi connectivity index (χ0n) is 6.81. The molecule has 0 amide bonds. The monoisotopic (exact) mass is 232 g/mol. The molecule has 1 aromatic rings. The minimum atomic E-state index is -0.250. The zero-order chi connectivity index (χ0) is 8.97. The third kappa shape index (κ3) is 2.81. The Labute approximate surface area is 79.7 Å². The van der Waals surface area contributed by atoms with Crippen LogP contribution in [-0.2, 0) is 0 Å². The van der Waals surface area contributed by atoms with Crippen LogP contribution in [0.5, 0.6) is 5.75 Å². The quantitative estimate of drug-likeness (QED) is 0.729. The molecule has 3 heteroatoms. The summed E-state index contributed by atoms with van der Waals surface area (Å²) in [5.74, 6) is 0.339. The SMILES string of the molecule is Cc1cc(F)cc(OCCBr)c1. The molecule has 0 radical (unpaired) electrons. The lowest BCUT2D eigenvalue weighted by Gasteiger charge is -2.04. The predicted molar refractivity (Wildman–Crippen MR) is 50.4 cm³/mol. The average molecular weight is 233 g/mol. The number of halogens is 2. The van der Waals surface area contributed by atoms with Crippen LogP contribution >= 0.6 is 15.9 Å². The van der Waals surface area contributed by atoms with Crippen LogP contribution in [0.3, 0.4) is 0 Å². The van der Waals surface area contributed by atoms with Crippen LogP contribution in [0.25, 0.3) is 0 Å². The molecule has 0 bridgehead atoms. The van der Waals surface area contributed by atoms with Gasteiger partial charge in [0.15, 0.2) is 0 Å². The molecule has 0 aliphatic carbocycles. The molecule has 0 N–H and O–H groups in total. The summed E-state index contributed by atoms with van der Waals surface area (Å²) in [5.41, 5.74) is 0.875. The molecule has 0 heterocycles. The number of hydrogen-bond donors (Lipinski definition) is 0. The summed E-state index contributed by atoms with van der Waals surface area (Å²) in [4.78, 5) is 0. The van der Waals surface area contributed by atoms with Gasteiger partial charge in [0.2, 0.25) is 0 Å². The van der Waals surface area contributed by atoms with Crippen molar-refractivity contribution in [2.24, 2.45) is 0 Å². The standard InChI is InChI=1S/C9H10BrFO/c1-7-4-8(11)6-9(5-7)12-3-2-10/h4-6H,2-3H2,1H3. The fraction of sp³-hybridized carbons (Fsp3) is 0.333. The molecule has 0 saturated carbocycles. The number of alkyl halides is 1. The maximum absolute atomic E-state index is 12.8. The molecule has 1 aromatic carbocycles. The summed E-state index contributed by atoms with van der Waals surface area (Å²) in [6, 6.07) is 4.67. The molecule has 0 fully saturated rings. The van der Waals surface area contributed by atoms with Gasteiger partial charge in [0.05, 0.1) is 6.61 Å². The van der Waals surface area contributed by atoms with Crippen molar-refractivity contribution in [3.8, 4) is 5.75 Å². The van der Waals surface area contributed by atoms with E-state index in [2.05, 4.69) is 15.9 Å². The Morgan fingerprint density at radius 1 is 1.42 bits per heavy atom. The first-order valence-electron chi connectivity index (χ1n) is 3.68. The van der Waals surface area contributed by atoms with Crippen LogP contribution in [0.2, 0.25) is 0 Å². The van der Waals surface area contributed by atoms with Crippen LogP contribution in [0.4, 0.5) is 4.39 Å². The van der Waals surface area contributed by atoms with E-state index < -0.39 is 0 Å². The van der Waals surface area contributed by atoms with E-state index in [9.17, 15) is 4.39 Å². The normalized spacial score (nSPS) is 9.92. The van der Waals surface area contributed by atoms with Crippen molar-refractivity contribution in [1.29, 1.82) is 0 Å². The molecule has 12 heavy (non-hydrogen) atoms. The van der Waals surface area contributed by atoms with Crippen LogP contribution in [0, 0.1) is 12.7 Å².